The van der Waals surface area contributed by atoms with Crippen LogP contribution in [0, 0.1) is 6.92 Å². The highest BCUT2D eigenvalue weighted by Crippen LogP contribution is 2.46. The third-order valence-electron chi connectivity index (χ3n) is 3.71. The highest BCUT2D eigenvalue weighted by molar-refractivity contribution is 6.42. The van der Waals surface area contributed by atoms with Crippen molar-refractivity contribution in [1.82, 2.24) is 20.4 Å². The van der Waals surface area contributed by atoms with Crippen molar-refractivity contribution < 1.29 is 4.42 Å². The van der Waals surface area contributed by atoms with Gasteiger partial charge in [-0.1, -0.05) is 23.2 Å². The Morgan fingerprint density at radius 3 is 2.59 bits per heavy atom. The molecule has 22 heavy (non-hydrogen) atoms. The van der Waals surface area contributed by atoms with E-state index in [0.29, 0.717) is 21.9 Å². The lowest BCUT2D eigenvalue weighted by atomic mass is 10.2. The van der Waals surface area contributed by atoms with Crippen molar-refractivity contribution in [2.45, 2.75) is 25.7 Å². The third-order valence-corrected chi connectivity index (χ3v) is 4.45. The maximum absolute atomic E-state index is 6.08. The molecule has 0 spiro atoms. The van der Waals surface area contributed by atoms with Gasteiger partial charge in [-0.3, -0.25) is 0 Å². The van der Waals surface area contributed by atoms with Gasteiger partial charge >= 0.3 is 0 Å². The number of rotatable bonds is 3. The van der Waals surface area contributed by atoms with Crippen LogP contribution in [-0.4, -0.2) is 20.4 Å². The molecule has 0 amide bonds. The maximum atomic E-state index is 6.08. The lowest BCUT2D eigenvalue weighted by molar-refractivity contribution is 0.521. The Hall–Kier alpha value is -1.85. The Morgan fingerprint density at radius 1 is 1.14 bits per heavy atom. The van der Waals surface area contributed by atoms with Crippen LogP contribution < -0.4 is 0 Å². The maximum Gasteiger partial charge on any atom is 0.226 e. The molecule has 1 saturated carbocycles. The summed E-state index contributed by atoms with van der Waals surface area (Å²) in [5.74, 6) is 1.81. The van der Waals surface area contributed by atoms with Crippen molar-refractivity contribution in [3.63, 3.8) is 0 Å². The smallest absolute Gasteiger partial charge is 0.226 e. The van der Waals surface area contributed by atoms with Crippen molar-refractivity contribution >= 4 is 23.2 Å². The summed E-state index contributed by atoms with van der Waals surface area (Å²) in [5, 5.41) is 11.9. The van der Waals surface area contributed by atoms with Crippen molar-refractivity contribution in [3.05, 3.63) is 39.7 Å². The summed E-state index contributed by atoms with van der Waals surface area (Å²) in [7, 11) is 0. The first-order valence-corrected chi connectivity index (χ1v) is 7.73. The fourth-order valence-corrected chi connectivity index (χ4v) is 2.68. The molecule has 0 radical (unpaired) electrons. The van der Waals surface area contributed by atoms with Crippen LogP contribution in [0.15, 0.2) is 22.6 Å². The Kier molecular flexibility index (Phi) is 3.20. The van der Waals surface area contributed by atoms with Crippen LogP contribution in [0.1, 0.15) is 30.2 Å². The van der Waals surface area contributed by atoms with Gasteiger partial charge in [0.1, 0.15) is 17.1 Å². The lowest BCUT2D eigenvalue weighted by Crippen LogP contribution is -1.87. The van der Waals surface area contributed by atoms with Crippen LogP contribution >= 0.6 is 23.2 Å². The van der Waals surface area contributed by atoms with E-state index in [1.807, 2.05) is 13.0 Å². The number of oxazole rings is 1. The van der Waals surface area contributed by atoms with Gasteiger partial charge < -0.3 is 4.42 Å². The summed E-state index contributed by atoms with van der Waals surface area (Å²) in [6.07, 6.45) is 2.22. The van der Waals surface area contributed by atoms with Crippen LogP contribution in [0.5, 0.6) is 0 Å². The molecule has 1 aliphatic carbocycles. The quantitative estimate of drug-likeness (QED) is 0.758. The summed E-state index contributed by atoms with van der Waals surface area (Å²) in [6.45, 7) is 1.89. The normalized spacial score (nSPS) is 14.5. The monoisotopic (exact) mass is 334 g/mol. The molecule has 0 bridgehead atoms. The van der Waals surface area contributed by atoms with Gasteiger partial charge in [-0.25, -0.2) is 4.98 Å². The Balaban J connectivity index is 1.84. The zero-order valence-corrected chi connectivity index (χ0v) is 13.2. The molecule has 1 aliphatic rings. The molecule has 1 N–H and O–H groups in total. The molecule has 1 fully saturated rings. The molecule has 1 aromatic carbocycles. The van der Waals surface area contributed by atoms with Crippen molar-refractivity contribution in [1.29, 1.82) is 0 Å². The average molecular weight is 335 g/mol. The van der Waals surface area contributed by atoms with E-state index in [9.17, 15) is 0 Å². The van der Waals surface area contributed by atoms with Gasteiger partial charge in [0, 0.05) is 11.5 Å². The largest absolute Gasteiger partial charge is 0.440 e. The van der Waals surface area contributed by atoms with Gasteiger partial charge in [-0.15, -0.1) is 0 Å². The number of nitrogens with zero attached hydrogens (tertiary/aromatic N) is 3. The first-order valence-electron chi connectivity index (χ1n) is 6.97. The molecule has 0 unspecified atom stereocenters. The number of benzene rings is 1. The minimum absolute atomic E-state index is 0.412. The number of hydrogen-bond acceptors (Lipinski definition) is 4. The Morgan fingerprint density at radius 2 is 1.95 bits per heavy atom. The second-order valence-corrected chi connectivity index (χ2v) is 6.21. The van der Waals surface area contributed by atoms with Gasteiger partial charge in [0.25, 0.3) is 0 Å². The van der Waals surface area contributed by atoms with Gasteiger partial charge in [0.2, 0.25) is 5.89 Å². The fourth-order valence-electron chi connectivity index (χ4n) is 2.38. The predicted molar refractivity (Wildman–Crippen MR) is 84.0 cm³/mol. The van der Waals surface area contributed by atoms with Gasteiger partial charge in [0.15, 0.2) is 0 Å². The molecule has 2 heterocycles. The first kappa shape index (κ1) is 13.8. The molecule has 5 nitrogen and oxygen atoms in total. The van der Waals surface area contributed by atoms with E-state index in [2.05, 4.69) is 20.4 Å². The summed E-state index contributed by atoms with van der Waals surface area (Å²) < 4.78 is 6.00. The predicted octanol–water partition coefficient (Wildman–Crippen LogP) is 4.62. The van der Waals surface area contributed by atoms with Crippen molar-refractivity contribution in [2.75, 3.05) is 0 Å². The van der Waals surface area contributed by atoms with E-state index < -0.39 is 0 Å². The second-order valence-electron chi connectivity index (χ2n) is 5.39. The van der Waals surface area contributed by atoms with E-state index >= 15 is 0 Å². The molecule has 2 aromatic heterocycles. The fraction of sp³-hybridized carbons (Fsp3) is 0.267. The summed E-state index contributed by atoms with van der Waals surface area (Å²) >= 11 is 12.0. The summed E-state index contributed by atoms with van der Waals surface area (Å²) in [5.41, 5.74) is 3.09. The van der Waals surface area contributed by atoms with Crippen LogP contribution in [0.25, 0.3) is 22.8 Å². The molecule has 112 valence electrons. The zero-order chi connectivity index (χ0) is 15.3. The van der Waals surface area contributed by atoms with Gasteiger partial charge in [-0.2, -0.15) is 15.4 Å². The SMILES string of the molecule is Cc1n[nH]nc1-c1nc(-c2ccc(Cl)c(Cl)c2)oc1C1CC1. The van der Waals surface area contributed by atoms with E-state index in [1.54, 1.807) is 12.1 Å². The minimum Gasteiger partial charge on any atom is -0.440 e. The number of nitrogens with one attached hydrogen (secondary N) is 1. The van der Waals surface area contributed by atoms with Gasteiger partial charge in [-0.05, 0) is 38.0 Å². The van der Waals surface area contributed by atoms with E-state index in [4.69, 9.17) is 27.6 Å². The number of aryl methyl sites for hydroxylation is 1. The highest BCUT2D eigenvalue weighted by Gasteiger charge is 2.33. The number of hydrogen-bond donors (Lipinski definition) is 1. The number of H-pyrrole nitrogens is 1. The third kappa shape index (κ3) is 2.30. The number of aromatic amines is 1. The molecular formula is C15H12Cl2N4O. The highest BCUT2D eigenvalue weighted by atomic mass is 35.5. The van der Waals surface area contributed by atoms with Crippen LogP contribution in [-0.2, 0) is 0 Å². The van der Waals surface area contributed by atoms with E-state index in [-0.39, 0.29) is 0 Å². The van der Waals surface area contributed by atoms with Crippen molar-refractivity contribution in [3.8, 4) is 22.8 Å². The number of halogens is 2. The molecule has 0 atom stereocenters. The molecule has 0 saturated heterocycles. The van der Waals surface area contributed by atoms with E-state index in [0.717, 1.165) is 41.2 Å². The van der Waals surface area contributed by atoms with Crippen molar-refractivity contribution in [2.24, 2.45) is 0 Å². The lowest BCUT2D eigenvalue weighted by Gasteiger charge is -1.98. The van der Waals surface area contributed by atoms with E-state index in [1.165, 1.54) is 0 Å². The van der Waals surface area contributed by atoms with Crippen LogP contribution in [0.4, 0.5) is 0 Å². The molecule has 3 aromatic rings. The molecule has 7 heteroatoms. The Labute approximate surface area is 136 Å². The standard InChI is InChI=1S/C15H12Cl2N4O/c1-7-12(20-21-19-7)13-14(8-2-3-8)22-15(18-13)9-4-5-10(16)11(17)6-9/h4-6,8H,2-3H2,1H3,(H,19,20,21). The van der Waals surface area contributed by atoms with Crippen LogP contribution in [0.2, 0.25) is 10.0 Å². The number of aromatic nitrogens is 4. The van der Waals surface area contributed by atoms with Crippen LogP contribution in [0.3, 0.4) is 0 Å². The molecular weight excluding hydrogens is 323 g/mol. The molecule has 4 rings (SSSR count). The first-order chi connectivity index (χ1) is 10.6. The average Bonchev–Trinajstić information content (AvgIpc) is 3.11. The summed E-state index contributed by atoms with van der Waals surface area (Å²) in [4.78, 5) is 4.62. The van der Waals surface area contributed by atoms with Gasteiger partial charge in [0.05, 0.1) is 15.7 Å². The topological polar surface area (TPSA) is 67.6 Å². The Bertz CT molecular complexity index is 851. The minimum atomic E-state index is 0.412. The second kappa shape index (κ2) is 5.11. The zero-order valence-electron chi connectivity index (χ0n) is 11.7. The summed E-state index contributed by atoms with van der Waals surface area (Å²) in [6, 6.07) is 5.34. The molecule has 0 aliphatic heterocycles.